The van der Waals surface area contributed by atoms with Crippen LogP contribution in [0, 0.1) is 0 Å². The van der Waals surface area contributed by atoms with E-state index in [9.17, 15) is 0 Å². The van der Waals surface area contributed by atoms with Gasteiger partial charge in [0.2, 0.25) is 0 Å². The van der Waals surface area contributed by atoms with E-state index in [1.54, 1.807) is 0 Å². The zero-order valence-corrected chi connectivity index (χ0v) is 18.5. The highest BCUT2D eigenvalue weighted by molar-refractivity contribution is 6.16. The van der Waals surface area contributed by atoms with Crippen LogP contribution in [-0.4, -0.2) is 14.1 Å². The van der Waals surface area contributed by atoms with Gasteiger partial charge in [-0.2, -0.15) is 0 Å². The lowest BCUT2D eigenvalue weighted by atomic mass is 10.1. The fraction of sp³-hybridized carbons (Fsp3) is 0. The zero-order chi connectivity index (χ0) is 22.5. The third kappa shape index (κ3) is 2.81. The molecule has 0 spiro atoms. The van der Waals surface area contributed by atoms with Crippen LogP contribution >= 0.6 is 0 Å². The zero-order valence-electron chi connectivity index (χ0n) is 18.5. The van der Waals surface area contributed by atoms with Crippen LogP contribution in [0.3, 0.4) is 0 Å². The summed E-state index contributed by atoms with van der Waals surface area (Å²) < 4.78 is 4.65. The lowest BCUT2D eigenvalue weighted by Crippen LogP contribution is -1.98. The number of para-hydroxylation sites is 1. The summed E-state index contributed by atoms with van der Waals surface area (Å²) in [5, 5.41) is 2.36. The molecule has 0 unspecified atom stereocenters. The minimum atomic E-state index is 1.02. The van der Waals surface area contributed by atoms with Crippen molar-refractivity contribution in [3.8, 4) is 22.5 Å². The van der Waals surface area contributed by atoms with Gasteiger partial charge in [-0.25, -0.2) is 0 Å². The van der Waals surface area contributed by atoms with E-state index in [0.717, 1.165) is 27.8 Å². The number of benzene rings is 4. The number of nitrogens with zero attached hydrogens (tertiary/aromatic N) is 3. The second kappa shape index (κ2) is 7.46. The van der Waals surface area contributed by atoms with E-state index in [1.807, 2.05) is 12.3 Å². The van der Waals surface area contributed by atoms with Crippen LogP contribution in [-0.2, 0) is 0 Å². The monoisotopic (exact) mass is 435 g/mol. The molecule has 0 saturated heterocycles. The van der Waals surface area contributed by atoms with Crippen molar-refractivity contribution in [2.24, 2.45) is 0 Å². The van der Waals surface area contributed by atoms with E-state index < -0.39 is 0 Å². The van der Waals surface area contributed by atoms with Crippen molar-refractivity contribution in [2.45, 2.75) is 0 Å². The van der Waals surface area contributed by atoms with E-state index in [-0.39, 0.29) is 0 Å². The van der Waals surface area contributed by atoms with Crippen LogP contribution in [0.25, 0.3) is 55.3 Å². The van der Waals surface area contributed by atoms with Gasteiger partial charge in [0.05, 0.1) is 22.1 Å². The minimum Gasteiger partial charge on any atom is -0.315 e. The Kier molecular flexibility index (Phi) is 4.15. The molecule has 0 aliphatic rings. The molecule has 7 aromatic rings. The Labute approximate surface area is 197 Å². The van der Waals surface area contributed by atoms with Gasteiger partial charge in [-0.05, 0) is 59.7 Å². The van der Waals surface area contributed by atoms with E-state index in [0.29, 0.717) is 0 Å². The van der Waals surface area contributed by atoms with Crippen LogP contribution < -0.4 is 0 Å². The Hall–Kier alpha value is -4.63. The van der Waals surface area contributed by atoms with Crippen molar-refractivity contribution in [1.82, 2.24) is 14.1 Å². The maximum Gasteiger partial charge on any atom is 0.0964 e. The Morgan fingerprint density at radius 1 is 0.559 bits per heavy atom. The van der Waals surface area contributed by atoms with Crippen LogP contribution in [0.4, 0.5) is 0 Å². The molecule has 0 amide bonds. The van der Waals surface area contributed by atoms with Gasteiger partial charge in [0.15, 0.2) is 0 Å². The van der Waals surface area contributed by atoms with Gasteiger partial charge in [0.1, 0.15) is 0 Å². The summed E-state index contributed by atoms with van der Waals surface area (Å²) in [4.78, 5) is 4.77. The second-order valence-corrected chi connectivity index (χ2v) is 8.54. The van der Waals surface area contributed by atoms with E-state index in [4.69, 9.17) is 4.98 Å². The molecule has 3 heterocycles. The van der Waals surface area contributed by atoms with Gasteiger partial charge < -0.3 is 9.13 Å². The summed E-state index contributed by atoms with van der Waals surface area (Å²) in [5.41, 5.74) is 9.19. The van der Waals surface area contributed by atoms with Gasteiger partial charge >= 0.3 is 0 Å². The predicted molar refractivity (Wildman–Crippen MR) is 141 cm³/mol. The third-order valence-electron chi connectivity index (χ3n) is 6.58. The Morgan fingerprint density at radius 2 is 1.32 bits per heavy atom. The van der Waals surface area contributed by atoms with Crippen molar-refractivity contribution in [3.63, 3.8) is 0 Å². The topological polar surface area (TPSA) is 22.8 Å². The molecule has 4 aromatic carbocycles. The number of rotatable bonds is 3. The molecule has 0 aliphatic carbocycles. The lowest BCUT2D eigenvalue weighted by Gasteiger charge is -2.12. The lowest BCUT2D eigenvalue weighted by molar-refractivity contribution is 1.12. The molecule has 0 saturated carbocycles. The van der Waals surface area contributed by atoms with Crippen molar-refractivity contribution < 1.29 is 0 Å². The molecule has 0 aliphatic heterocycles. The molecule has 3 heteroatoms. The van der Waals surface area contributed by atoms with E-state index in [1.165, 1.54) is 27.5 Å². The maximum absolute atomic E-state index is 4.77. The summed E-state index contributed by atoms with van der Waals surface area (Å²) in [6, 6.07) is 40.6. The first-order valence-electron chi connectivity index (χ1n) is 11.5. The Balaban J connectivity index is 1.58. The average molecular weight is 436 g/mol. The highest BCUT2D eigenvalue weighted by Gasteiger charge is 2.18. The summed E-state index contributed by atoms with van der Waals surface area (Å²) in [6.45, 7) is 0. The van der Waals surface area contributed by atoms with Gasteiger partial charge in [-0.3, -0.25) is 4.98 Å². The molecule has 0 N–H and O–H groups in total. The normalized spacial score (nSPS) is 11.5. The number of hydrogen-bond acceptors (Lipinski definition) is 1. The molecule has 0 atom stereocenters. The first-order valence-corrected chi connectivity index (χ1v) is 11.5. The highest BCUT2D eigenvalue weighted by Crippen LogP contribution is 2.37. The fourth-order valence-electron chi connectivity index (χ4n) is 5.06. The largest absolute Gasteiger partial charge is 0.315 e. The number of aromatic nitrogens is 3. The van der Waals surface area contributed by atoms with Crippen molar-refractivity contribution in [3.05, 3.63) is 128 Å². The smallest absolute Gasteiger partial charge is 0.0964 e. The fourth-order valence-corrected chi connectivity index (χ4v) is 5.06. The minimum absolute atomic E-state index is 1.02. The molecule has 34 heavy (non-hydrogen) atoms. The second-order valence-electron chi connectivity index (χ2n) is 8.54. The van der Waals surface area contributed by atoms with Gasteiger partial charge in [0, 0.05) is 34.5 Å². The number of hydrogen-bond donors (Lipinski definition) is 0. The van der Waals surface area contributed by atoms with Gasteiger partial charge in [0.25, 0.3) is 0 Å². The third-order valence-corrected chi connectivity index (χ3v) is 6.58. The van der Waals surface area contributed by atoms with Gasteiger partial charge in [-0.1, -0.05) is 66.7 Å². The molecule has 0 fully saturated rings. The molecule has 0 radical (unpaired) electrons. The number of pyridine rings is 1. The summed E-state index contributed by atoms with van der Waals surface area (Å²) >= 11 is 0. The predicted octanol–water partition coefficient (Wildman–Crippen LogP) is 7.79. The molecule has 3 aromatic heterocycles. The molecule has 160 valence electrons. The van der Waals surface area contributed by atoms with Crippen molar-refractivity contribution in [1.29, 1.82) is 0 Å². The van der Waals surface area contributed by atoms with E-state index in [2.05, 4.69) is 125 Å². The maximum atomic E-state index is 4.77. The summed E-state index contributed by atoms with van der Waals surface area (Å²) in [6.07, 6.45) is 4.05. The first kappa shape index (κ1) is 18.9. The van der Waals surface area contributed by atoms with Gasteiger partial charge in [-0.15, -0.1) is 0 Å². The quantitative estimate of drug-likeness (QED) is 0.278. The molecular formula is C31H21N3. The first-order chi connectivity index (χ1) is 16.9. The van der Waals surface area contributed by atoms with Crippen LogP contribution in [0.5, 0.6) is 0 Å². The summed E-state index contributed by atoms with van der Waals surface area (Å²) in [5.74, 6) is 0. The van der Waals surface area contributed by atoms with Crippen LogP contribution in [0.1, 0.15) is 0 Å². The highest BCUT2D eigenvalue weighted by atomic mass is 15.0. The van der Waals surface area contributed by atoms with Crippen LogP contribution in [0.15, 0.2) is 128 Å². The molecular weight excluding hydrogens is 414 g/mol. The standard InChI is InChI=1S/C31H21N3/c1-3-9-22(10-4-1)24-11-7-14-26(21-24)33-20-18-23-16-17-27-29-28(15-8-19-32-29)34(31(27)30(23)33)25-12-5-2-6-13-25/h1-21H. The van der Waals surface area contributed by atoms with Crippen LogP contribution in [0.2, 0.25) is 0 Å². The molecule has 0 bridgehead atoms. The Bertz CT molecular complexity index is 1790. The SMILES string of the molecule is c1ccc(-c2cccc(-n3ccc4ccc5c6ncccc6n(-c6ccccc6)c5c43)c2)cc1. The molecule has 3 nitrogen and oxygen atoms in total. The Morgan fingerprint density at radius 3 is 2.18 bits per heavy atom. The summed E-state index contributed by atoms with van der Waals surface area (Å²) in [7, 11) is 0. The van der Waals surface area contributed by atoms with Crippen molar-refractivity contribution in [2.75, 3.05) is 0 Å². The molecule has 7 rings (SSSR count). The number of fused-ring (bicyclic) bond motifs is 5. The average Bonchev–Trinajstić information content (AvgIpc) is 3.49. The van der Waals surface area contributed by atoms with E-state index >= 15 is 0 Å². The van der Waals surface area contributed by atoms with Crippen molar-refractivity contribution >= 4 is 32.8 Å².